The van der Waals surface area contributed by atoms with Gasteiger partial charge >= 0.3 is 5.97 Å². The largest absolute Gasteiger partial charge is 0.461 e. The van der Waals surface area contributed by atoms with Crippen molar-refractivity contribution >= 4 is 46.6 Å². The van der Waals surface area contributed by atoms with Crippen LogP contribution in [-0.2, 0) is 4.74 Å². The van der Waals surface area contributed by atoms with E-state index in [1.807, 2.05) is 18.4 Å². The van der Waals surface area contributed by atoms with Gasteiger partial charge in [0.25, 0.3) is 5.91 Å². The third-order valence-corrected chi connectivity index (χ3v) is 6.21. The normalized spacial score (nSPS) is 16.7. The third-order valence-electron chi connectivity index (χ3n) is 4.21. The van der Waals surface area contributed by atoms with E-state index in [-0.39, 0.29) is 11.9 Å². The van der Waals surface area contributed by atoms with Crippen molar-refractivity contribution in [3.63, 3.8) is 0 Å². The monoisotopic (exact) mass is 410 g/mol. The zero-order valence-corrected chi connectivity index (χ0v) is 16.9. The van der Waals surface area contributed by atoms with Crippen LogP contribution in [-0.4, -0.2) is 41.2 Å². The molecular formula is C18H19ClN2O3S2. The first-order chi connectivity index (χ1) is 12.5. The summed E-state index contributed by atoms with van der Waals surface area (Å²) in [5, 5.41) is 2.90. The van der Waals surface area contributed by atoms with Gasteiger partial charge in [-0.2, -0.15) is 0 Å². The Morgan fingerprint density at radius 1 is 1.46 bits per heavy atom. The molecule has 0 aliphatic carbocycles. The predicted octanol–water partition coefficient (Wildman–Crippen LogP) is 4.67. The molecule has 1 aromatic heterocycles. The molecule has 1 amide bonds. The van der Waals surface area contributed by atoms with Gasteiger partial charge in [0, 0.05) is 16.8 Å². The number of hydrogen-bond acceptors (Lipinski definition) is 6. The van der Waals surface area contributed by atoms with Crippen molar-refractivity contribution in [3.05, 3.63) is 44.9 Å². The molecule has 2 aromatic rings. The summed E-state index contributed by atoms with van der Waals surface area (Å²) in [4.78, 5) is 32.1. The number of hydrogen-bond donors (Lipinski definition) is 0. The lowest BCUT2D eigenvalue weighted by atomic mass is 10.1. The Morgan fingerprint density at radius 2 is 2.27 bits per heavy atom. The van der Waals surface area contributed by atoms with Crippen LogP contribution < -0.4 is 0 Å². The summed E-state index contributed by atoms with van der Waals surface area (Å²) >= 11 is 9.22. The second-order valence-corrected chi connectivity index (χ2v) is 7.97. The number of thiazole rings is 1. The number of thioether (sulfide) groups is 1. The number of nitrogens with zero attached hydrogens (tertiary/aromatic N) is 2. The van der Waals surface area contributed by atoms with E-state index >= 15 is 0 Å². The zero-order chi connectivity index (χ0) is 18.7. The molecule has 138 valence electrons. The first-order valence-electron chi connectivity index (χ1n) is 8.32. The molecule has 0 unspecified atom stereocenters. The van der Waals surface area contributed by atoms with Gasteiger partial charge in [-0.3, -0.25) is 4.79 Å². The molecule has 5 nitrogen and oxygen atoms in total. The number of rotatable bonds is 5. The smallest absolute Gasteiger partial charge is 0.357 e. The second-order valence-electron chi connectivity index (χ2n) is 5.79. The number of carbonyl (C=O) groups is 2. The van der Waals surface area contributed by atoms with E-state index < -0.39 is 5.97 Å². The zero-order valence-electron chi connectivity index (χ0n) is 14.5. The highest BCUT2D eigenvalue weighted by Gasteiger charge is 2.34. The summed E-state index contributed by atoms with van der Waals surface area (Å²) in [6.45, 7) is 2.72. The summed E-state index contributed by atoms with van der Waals surface area (Å²) in [7, 11) is 0. The highest BCUT2D eigenvalue weighted by Crippen LogP contribution is 2.36. The van der Waals surface area contributed by atoms with E-state index in [1.165, 1.54) is 11.3 Å². The molecule has 1 saturated heterocycles. The number of likely N-dealkylation sites (tertiary alicyclic amines) is 1. The Morgan fingerprint density at radius 3 is 3.00 bits per heavy atom. The number of benzene rings is 1. The number of esters is 1. The summed E-state index contributed by atoms with van der Waals surface area (Å²) in [6, 6.07) is 5.35. The Kier molecular flexibility index (Phi) is 6.21. The van der Waals surface area contributed by atoms with Gasteiger partial charge in [0.15, 0.2) is 5.69 Å². The Balaban J connectivity index is 1.84. The van der Waals surface area contributed by atoms with E-state index in [0.717, 1.165) is 22.7 Å². The number of halogens is 1. The average Bonchev–Trinajstić information content (AvgIpc) is 3.31. The van der Waals surface area contributed by atoms with Gasteiger partial charge < -0.3 is 9.64 Å². The molecule has 1 atom stereocenters. The van der Waals surface area contributed by atoms with Crippen molar-refractivity contribution in [1.82, 2.24) is 9.88 Å². The maximum atomic E-state index is 13.1. The van der Waals surface area contributed by atoms with Crippen molar-refractivity contribution in [2.75, 3.05) is 19.4 Å². The van der Waals surface area contributed by atoms with Gasteiger partial charge in [-0.25, -0.2) is 9.78 Å². The number of ether oxygens (including phenoxy) is 1. The molecule has 0 radical (unpaired) electrons. The lowest BCUT2D eigenvalue weighted by Gasteiger charge is -2.23. The highest BCUT2D eigenvalue weighted by atomic mass is 35.5. The molecular weight excluding hydrogens is 392 g/mol. The fourth-order valence-corrected chi connectivity index (χ4v) is 4.53. The first kappa shape index (κ1) is 19.2. The molecule has 2 heterocycles. The molecule has 3 rings (SSSR count). The van der Waals surface area contributed by atoms with Crippen LogP contribution in [0.2, 0.25) is 5.02 Å². The minimum Gasteiger partial charge on any atom is -0.461 e. The lowest BCUT2D eigenvalue weighted by molar-refractivity contribution is 0.0520. The molecule has 26 heavy (non-hydrogen) atoms. The van der Waals surface area contributed by atoms with Gasteiger partial charge in [-0.1, -0.05) is 11.6 Å². The van der Waals surface area contributed by atoms with Gasteiger partial charge in [-0.05, 0) is 44.2 Å². The van der Waals surface area contributed by atoms with Crippen molar-refractivity contribution in [1.29, 1.82) is 0 Å². The summed E-state index contributed by atoms with van der Waals surface area (Å²) in [6.07, 6.45) is 3.68. The molecule has 8 heteroatoms. The van der Waals surface area contributed by atoms with Crippen LogP contribution in [0.3, 0.4) is 0 Å². The van der Waals surface area contributed by atoms with Crippen LogP contribution in [0.5, 0.6) is 0 Å². The lowest BCUT2D eigenvalue weighted by Crippen LogP contribution is -2.30. The molecule has 1 aliphatic heterocycles. The molecule has 1 aliphatic rings. The molecule has 0 saturated carbocycles. The number of aromatic nitrogens is 1. The second kappa shape index (κ2) is 8.41. The summed E-state index contributed by atoms with van der Waals surface area (Å²) in [5.74, 6) is -0.525. The number of amides is 1. The average molecular weight is 411 g/mol. The van der Waals surface area contributed by atoms with Crippen LogP contribution in [0.25, 0.3) is 0 Å². The van der Waals surface area contributed by atoms with Gasteiger partial charge in [-0.15, -0.1) is 23.1 Å². The van der Waals surface area contributed by atoms with Crippen molar-refractivity contribution in [2.45, 2.75) is 30.7 Å². The molecule has 0 spiro atoms. The van der Waals surface area contributed by atoms with Gasteiger partial charge in [0.05, 0.1) is 23.2 Å². The fraction of sp³-hybridized carbons (Fsp3) is 0.389. The number of carbonyl (C=O) groups excluding carboxylic acids is 2. The van der Waals surface area contributed by atoms with Crippen LogP contribution in [0.15, 0.2) is 28.5 Å². The molecule has 1 fully saturated rings. The van der Waals surface area contributed by atoms with Crippen molar-refractivity contribution < 1.29 is 14.3 Å². The van der Waals surface area contributed by atoms with Crippen LogP contribution in [0, 0.1) is 0 Å². The first-order valence-corrected chi connectivity index (χ1v) is 10.8. The van der Waals surface area contributed by atoms with Crippen LogP contribution in [0.4, 0.5) is 0 Å². The van der Waals surface area contributed by atoms with Crippen molar-refractivity contribution in [3.8, 4) is 0 Å². The third kappa shape index (κ3) is 3.89. The SMILES string of the molecule is CCOC(=O)c1csc([C@H]2CCCN2C(=O)c2cc(SC)ccc2Cl)n1. The minimum absolute atomic E-state index is 0.0960. The van der Waals surface area contributed by atoms with Crippen LogP contribution >= 0.6 is 34.7 Å². The topological polar surface area (TPSA) is 59.5 Å². The Bertz CT molecular complexity index is 825. The molecule has 0 N–H and O–H groups in total. The Hall–Kier alpha value is -1.57. The minimum atomic E-state index is -0.429. The summed E-state index contributed by atoms with van der Waals surface area (Å²) < 4.78 is 4.99. The van der Waals surface area contributed by atoms with E-state index in [4.69, 9.17) is 16.3 Å². The maximum Gasteiger partial charge on any atom is 0.357 e. The predicted molar refractivity (Wildman–Crippen MR) is 104 cm³/mol. The fourth-order valence-electron chi connectivity index (χ4n) is 2.96. The van der Waals surface area contributed by atoms with Crippen molar-refractivity contribution in [2.24, 2.45) is 0 Å². The standard InChI is InChI=1S/C18H19ClN2O3S2/c1-3-24-18(23)14-10-26-16(20-14)15-5-4-8-21(15)17(22)12-9-11(25-2)6-7-13(12)19/h6-7,9-10,15H,3-5,8H2,1-2H3/t15-/m1/s1. The Labute approximate surface area is 165 Å². The van der Waals surface area contributed by atoms with Gasteiger partial charge in [0.1, 0.15) is 5.01 Å². The molecule has 0 bridgehead atoms. The van der Waals surface area contributed by atoms with Crippen LogP contribution in [0.1, 0.15) is 51.7 Å². The van der Waals surface area contributed by atoms with Gasteiger partial charge in [0.2, 0.25) is 0 Å². The maximum absolute atomic E-state index is 13.1. The van der Waals surface area contributed by atoms with E-state index in [9.17, 15) is 9.59 Å². The van der Waals surface area contributed by atoms with E-state index in [2.05, 4.69) is 4.98 Å². The van der Waals surface area contributed by atoms with E-state index in [1.54, 1.807) is 35.0 Å². The quantitative estimate of drug-likeness (QED) is 0.529. The van der Waals surface area contributed by atoms with E-state index in [0.29, 0.717) is 29.4 Å². The highest BCUT2D eigenvalue weighted by molar-refractivity contribution is 7.98. The summed E-state index contributed by atoms with van der Waals surface area (Å²) in [5.41, 5.74) is 0.807. The molecule has 1 aromatic carbocycles.